The van der Waals surface area contributed by atoms with E-state index in [0.29, 0.717) is 5.56 Å². The standard InChI is InChI=1S/C22H22F2N2S/c23-17-5-4-14(7-18(17)24)19-12-27-21-25-20(11-26(19)21)22-8-13-2-1-3-15(9-22)16(6-13)10-22/h4-5,7,11-13,15-16H,1-3,6,8-10H2. The molecule has 2 heterocycles. The predicted octanol–water partition coefficient (Wildman–Crippen LogP) is 6.20. The number of imidazole rings is 1. The van der Waals surface area contributed by atoms with Crippen LogP contribution in [-0.2, 0) is 5.41 Å². The van der Waals surface area contributed by atoms with Crippen LogP contribution in [0.4, 0.5) is 8.78 Å². The zero-order valence-corrected chi connectivity index (χ0v) is 15.9. The van der Waals surface area contributed by atoms with Gasteiger partial charge in [0, 0.05) is 22.6 Å². The van der Waals surface area contributed by atoms with E-state index in [0.717, 1.165) is 28.4 Å². The van der Waals surface area contributed by atoms with Gasteiger partial charge in [-0.25, -0.2) is 13.8 Å². The van der Waals surface area contributed by atoms with Crippen LogP contribution in [0.2, 0.25) is 0 Å². The van der Waals surface area contributed by atoms with Gasteiger partial charge in [0.25, 0.3) is 0 Å². The molecular weight excluding hydrogens is 362 g/mol. The molecule has 0 spiro atoms. The summed E-state index contributed by atoms with van der Waals surface area (Å²) in [5, 5.41) is 1.99. The van der Waals surface area contributed by atoms with Gasteiger partial charge in [-0.3, -0.25) is 4.40 Å². The second kappa shape index (κ2) is 5.63. The van der Waals surface area contributed by atoms with Crippen molar-refractivity contribution < 1.29 is 8.78 Å². The van der Waals surface area contributed by atoms with E-state index in [4.69, 9.17) is 4.98 Å². The Kier molecular flexibility index (Phi) is 3.38. The minimum atomic E-state index is -0.804. The second-order valence-corrected chi connectivity index (χ2v) is 9.81. The molecule has 0 amide bonds. The minimum Gasteiger partial charge on any atom is -0.290 e. The Morgan fingerprint density at radius 1 is 1.07 bits per heavy atom. The number of hydrogen-bond acceptors (Lipinski definition) is 2. The third kappa shape index (κ3) is 2.36. The fourth-order valence-electron chi connectivity index (χ4n) is 6.37. The predicted molar refractivity (Wildman–Crippen MR) is 103 cm³/mol. The van der Waals surface area contributed by atoms with Gasteiger partial charge in [0.2, 0.25) is 0 Å². The lowest BCUT2D eigenvalue weighted by atomic mass is 9.68. The van der Waals surface area contributed by atoms with Crippen molar-refractivity contribution in [2.75, 3.05) is 0 Å². The van der Waals surface area contributed by atoms with Crippen molar-refractivity contribution in [1.29, 1.82) is 0 Å². The first-order valence-corrected chi connectivity index (χ1v) is 10.9. The summed E-state index contributed by atoms with van der Waals surface area (Å²) in [5.74, 6) is 1.02. The Morgan fingerprint density at radius 3 is 2.85 bits per heavy atom. The Hall–Kier alpha value is -1.75. The Morgan fingerprint density at radius 2 is 1.96 bits per heavy atom. The zero-order valence-electron chi connectivity index (χ0n) is 15.1. The first kappa shape index (κ1) is 16.2. The van der Waals surface area contributed by atoms with Crippen molar-refractivity contribution in [3.63, 3.8) is 0 Å². The largest absolute Gasteiger partial charge is 0.290 e. The van der Waals surface area contributed by atoms with E-state index in [-0.39, 0.29) is 5.41 Å². The summed E-state index contributed by atoms with van der Waals surface area (Å²) >= 11 is 1.58. The number of benzene rings is 1. The van der Waals surface area contributed by atoms with Crippen LogP contribution in [0.15, 0.2) is 29.8 Å². The number of nitrogens with zero attached hydrogens (tertiary/aromatic N) is 2. The first-order chi connectivity index (χ1) is 13.1. The highest BCUT2D eigenvalue weighted by molar-refractivity contribution is 7.15. The van der Waals surface area contributed by atoms with Gasteiger partial charge in [-0.05, 0) is 61.6 Å². The number of halogens is 2. The fourth-order valence-corrected chi connectivity index (χ4v) is 7.25. The Bertz CT molecular complexity index is 1030. The molecule has 3 aromatic rings. The van der Waals surface area contributed by atoms with Crippen LogP contribution in [0.25, 0.3) is 16.2 Å². The van der Waals surface area contributed by atoms with Crippen LogP contribution in [0, 0.1) is 29.4 Å². The van der Waals surface area contributed by atoms with Crippen molar-refractivity contribution in [1.82, 2.24) is 9.38 Å². The van der Waals surface area contributed by atoms with Gasteiger partial charge < -0.3 is 0 Å². The molecule has 0 saturated heterocycles. The molecule has 3 bridgehead atoms. The lowest BCUT2D eigenvalue weighted by molar-refractivity contribution is 0.215. The number of rotatable bonds is 2. The van der Waals surface area contributed by atoms with Gasteiger partial charge in [0.1, 0.15) is 0 Å². The molecule has 2 aromatic heterocycles. The molecular formula is C22H22F2N2S. The minimum absolute atomic E-state index is 0.246. The number of aromatic nitrogens is 2. The Balaban J connectivity index is 1.43. The first-order valence-electron chi connectivity index (χ1n) is 10.0. The lowest BCUT2D eigenvalue weighted by Gasteiger charge is -2.36. The van der Waals surface area contributed by atoms with E-state index in [9.17, 15) is 8.78 Å². The maximum Gasteiger partial charge on any atom is 0.194 e. The number of fused-ring (bicyclic) bond motifs is 3. The van der Waals surface area contributed by atoms with Crippen LogP contribution in [0.5, 0.6) is 0 Å². The van der Waals surface area contributed by atoms with Crippen LogP contribution >= 0.6 is 11.3 Å². The normalized spacial score (nSPS) is 32.3. The van der Waals surface area contributed by atoms with E-state index in [1.54, 1.807) is 17.4 Å². The summed E-state index contributed by atoms with van der Waals surface area (Å²) in [6.07, 6.45) is 11.7. The molecule has 3 saturated carbocycles. The monoisotopic (exact) mass is 384 g/mol. The molecule has 140 valence electrons. The van der Waals surface area contributed by atoms with Crippen LogP contribution in [-0.4, -0.2) is 9.38 Å². The van der Waals surface area contributed by atoms with Gasteiger partial charge in [-0.15, -0.1) is 11.3 Å². The quantitative estimate of drug-likeness (QED) is 0.514. The van der Waals surface area contributed by atoms with Gasteiger partial charge in [0.15, 0.2) is 16.6 Å². The third-order valence-corrected chi connectivity index (χ3v) is 8.28. The summed E-state index contributed by atoms with van der Waals surface area (Å²) in [6, 6.07) is 4.13. The molecule has 6 rings (SSSR count). The molecule has 2 nitrogen and oxygen atoms in total. The van der Waals surface area contributed by atoms with Crippen molar-refractivity contribution in [2.24, 2.45) is 17.8 Å². The molecule has 4 unspecified atom stereocenters. The van der Waals surface area contributed by atoms with E-state index in [1.165, 1.54) is 62.8 Å². The summed E-state index contributed by atoms with van der Waals surface area (Å²) < 4.78 is 29.1. The molecule has 1 aromatic carbocycles. The number of hydrogen-bond donors (Lipinski definition) is 0. The van der Waals surface area contributed by atoms with Crippen LogP contribution in [0.3, 0.4) is 0 Å². The molecule has 4 atom stereocenters. The average molecular weight is 384 g/mol. The third-order valence-electron chi connectivity index (χ3n) is 7.44. The summed E-state index contributed by atoms with van der Waals surface area (Å²) in [4.78, 5) is 5.99. The van der Waals surface area contributed by atoms with Crippen LogP contribution in [0.1, 0.15) is 50.6 Å². The van der Waals surface area contributed by atoms with E-state index < -0.39 is 11.6 Å². The smallest absolute Gasteiger partial charge is 0.194 e. The summed E-state index contributed by atoms with van der Waals surface area (Å²) in [5.41, 5.74) is 3.08. The van der Waals surface area contributed by atoms with Gasteiger partial charge in [-0.1, -0.05) is 19.3 Å². The Labute approximate surface area is 161 Å². The molecule has 5 heteroatoms. The maximum absolute atomic E-state index is 13.7. The van der Waals surface area contributed by atoms with Gasteiger partial charge >= 0.3 is 0 Å². The topological polar surface area (TPSA) is 17.3 Å². The fraction of sp³-hybridized carbons (Fsp3) is 0.500. The second-order valence-electron chi connectivity index (χ2n) is 8.97. The van der Waals surface area contributed by atoms with E-state index in [2.05, 4.69) is 10.6 Å². The average Bonchev–Trinajstić information content (AvgIpc) is 3.27. The highest BCUT2D eigenvalue weighted by Gasteiger charge is 2.53. The number of thiazole rings is 1. The van der Waals surface area contributed by atoms with Crippen molar-refractivity contribution >= 4 is 16.3 Å². The SMILES string of the molecule is Fc1ccc(-c2csc3nc(C45CC6CCCC(C4)C(C6)C5)cn23)cc1F. The van der Waals surface area contributed by atoms with Crippen molar-refractivity contribution in [2.45, 2.75) is 50.4 Å². The molecule has 0 aliphatic heterocycles. The van der Waals surface area contributed by atoms with E-state index >= 15 is 0 Å². The van der Waals surface area contributed by atoms with Gasteiger partial charge in [-0.2, -0.15) is 0 Å². The summed E-state index contributed by atoms with van der Waals surface area (Å²) in [6.45, 7) is 0. The molecule has 0 radical (unpaired) electrons. The van der Waals surface area contributed by atoms with Crippen LogP contribution < -0.4 is 0 Å². The summed E-state index contributed by atoms with van der Waals surface area (Å²) in [7, 11) is 0. The maximum atomic E-state index is 13.7. The highest BCUT2D eigenvalue weighted by atomic mass is 32.1. The molecule has 27 heavy (non-hydrogen) atoms. The molecule has 3 aliphatic rings. The molecule has 3 fully saturated rings. The molecule has 0 N–H and O–H groups in total. The molecule has 3 aliphatic carbocycles. The zero-order chi connectivity index (χ0) is 18.2. The highest BCUT2D eigenvalue weighted by Crippen LogP contribution is 2.60. The van der Waals surface area contributed by atoms with Gasteiger partial charge in [0.05, 0.1) is 11.4 Å². The van der Waals surface area contributed by atoms with Crippen molar-refractivity contribution in [3.8, 4) is 11.3 Å². The van der Waals surface area contributed by atoms with E-state index in [1.807, 2.05) is 5.38 Å². The lowest BCUT2D eigenvalue weighted by Crippen LogP contribution is -2.31. The van der Waals surface area contributed by atoms with Crippen molar-refractivity contribution in [3.05, 3.63) is 47.1 Å².